The Labute approximate surface area is 103 Å². The molecule has 0 aliphatic rings. The lowest BCUT2D eigenvalue weighted by molar-refractivity contribution is 0.0802. The summed E-state index contributed by atoms with van der Waals surface area (Å²) in [4.78, 5) is 1.75. The quantitative estimate of drug-likeness (QED) is 0.884. The molecule has 0 spiro atoms. The van der Waals surface area contributed by atoms with E-state index in [2.05, 4.69) is 15.9 Å². The SMILES string of the molecule is CN(C)C(c1cc(Br)ccc1F)C(O)CN. The number of halogens is 2. The van der Waals surface area contributed by atoms with E-state index in [1.54, 1.807) is 31.1 Å². The van der Waals surface area contributed by atoms with Gasteiger partial charge in [-0.25, -0.2) is 4.39 Å². The number of aliphatic hydroxyl groups is 1. The molecular formula is C11H16BrFN2O. The minimum Gasteiger partial charge on any atom is -0.390 e. The van der Waals surface area contributed by atoms with E-state index in [4.69, 9.17) is 5.73 Å². The maximum atomic E-state index is 13.7. The molecule has 0 heterocycles. The summed E-state index contributed by atoms with van der Waals surface area (Å²) in [5, 5.41) is 9.81. The number of rotatable bonds is 4. The molecule has 5 heteroatoms. The molecule has 2 unspecified atom stereocenters. The van der Waals surface area contributed by atoms with Crippen LogP contribution in [0.4, 0.5) is 4.39 Å². The topological polar surface area (TPSA) is 49.5 Å². The molecule has 3 N–H and O–H groups in total. The van der Waals surface area contributed by atoms with Crippen LogP contribution in [0.2, 0.25) is 0 Å². The third-order valence-corrected chi connectivity index (χ3v) is 2.93. The summed E-state index contributed by atoms with van der Waals surface area (Å²) in [6.07, 6.45) is -0.793. The molecule has 0 fully saturated rings. The first-order valence-electron chi connectivity index (χ1n) is 4.97. The lowest BCUT2D eigenvalue weighted by Crippen LogP contribution is -2.36. The molecule has 3 nitrogen and oxygen atoms in total. The van der Waals surface area contributed by atoms with Crippen molar-refractivity contribution in [1.29, 1.82) is 0 Å². The van der Waals surface area contributed by atoms with Gasteiger partial charge in [-0.2, -0.15) is 0 Å². The van der Waals surface area contributed by atoms with Gasteiger partial charge in [-0.15, -0.1) is 0 Å². The monoisotopic (exact) mass is 290 g/mol. The van der Waals surface area contributed by atoms with Crippen LogP contribution in [0.5, 0.6) is 0 Å². The molecule has 16 heavy (non-hydrogen) atoms. The van der Waals surface area contributed by atoms with Gasteiger partial charge in [0.05, 0.1) is 12.1 Å². The fraction of sp³-hybridized carbons (Fsp3) is 0.455. The Balaban J connectivity index is 3.15. The van der Waals surface area contributed by atoms with Gasteiger partial charge in [0.1, 0.15) is 5.82 Å². The summed E-state index contributed by atoms with van der Waals surface area (Å²) in [6, 6.07) is 4.22. The molecule has 0 aromatic heterocycles. The third-order valence-electron chi connectivity index (χ3n) is 2.44. The van der Waals surface area contributed by atoms with Crippen molar-refractivity contribution in [1.82, 2.24) is 4.90 Å². The largest absolute Gasteiger partial charge is 0.390 e. The third kappa shape index (κ3) is 3.01. The molecule has 1 aromatic carbocycles. The van der Waals surface area contributed by atoms with E-state index in [1.165, 1.54) is 6.07 Å². The van der Waals surface area contributed by atoms with Crippen molar-refractivity contribution in [3.8, 4) is 0 Å². The zero-order valence-corrected chi connectivity index (χ0v) is 10.9. The Hall–Kier alpha value is -0.490. The highest BCUT2D eigenvalue weighted by molar-refractivity contribution is 9.10. The average molecular weight is 291 g/mol. The van der Waals surface area contributed by atoms with Gasteiger partial charge in [0.25, 0.3) is 0 Å². The number of benzene rings is 1. The minimum atomic E-state index is -0.793. The second-order valence-electron chi connectivity index (χ2n) is 3.88. The first kappa shape index (κ1) is 13.6. The van der Waals surface area contributed by atoms with E-state index in [9.17, 15) is 9.50 Å². The number of hydrogen-bond donors (Lipinski definition) is 2. The van der Waals surface area contributed by atoms with Crippen molar-refractivity contribution in [2.24, 2.45) is 5.73 Å². The van der Waals surface area contributed by atoms with Crippen molar-refractivity contribution < 1.29 is 9.50 Å². The summed E-state index contributed by atoms with van der Waals surface area (Å²) < 4.78 is 14.5. The van der Waals surface area contributed by atoms with E-state index >= 15 is 0 Å². The lowest BCUT2D eigenvalue weighted by Gasteiger charge is -2.29. The Morgan fingerprint density at radius 2 is 2.12 bits per heavy atom. The van der Waals surface area contributed by atoms with Gasteiger partial charge in [0.15, 0.2) is 0 Å². The number of nitrogens with zero attached hydrogens (tertiary/aromatic N) is 1. The smallest absolute Gasteiger partial charge is 0.128 e. The predicted octanol–water partition coefficient (Wildman–Crippen LogP) is 1.51. The molecule has 0 aliphatic heterocycles. The van der Waals surface area contributed by atoms with Crippen LogP contribution in [0.3, 0.4) is 0 Å². The summed E-state index contributed by atoms with van der Waals surface area (Å²) in [7, 11) is 3.56. The molecule has 0 saturated carbocycles. The molecule has 0 amide bonds. The summed E-state index contributed by atoms with van der Waals surface area (Å²) in [5.41, 5.74) is 5.87. The van der Waals surface area contributed by atoms with Crippen LogP contribution in [0.1, 0.15) is 11.6 Å². The summed E-state index contributed by atoms with van der Waals surface area (Å²) in [6.45, 7) is 0.0921. The molecule has 2 atom stereocenters. The maximum Gasteiger partial charge on any atom is 0.128 e. The van der Waals surface area contributed by atoms with Gasteiger partial charge in [-0.1, -0.05) is 15.9 Å². The van der Waals surface area contributed by atoms with E-state index < -0.39 is 12.1 Å². The zero-order chi connectivity index (χ0) is 12.3. The van der Waals surface area contributed by atoms with Crippen molar-refractivity contribution in [2.45, 2.75) is 12.1 Å². The van der Waals surface area contributed by atoms with Gasteiger partial charge in [0, 0.05) is 16.6 Å². The van der Waals surface area contributed by atoms with Gasteiger partial charge < -0.3 is 10.8 Å². The number of likely N-dealkylation sites (N-methyl/N-ethyl adjacent to an activating group) is 1. The van der Waals surface area contributed by atoms with Crippen LogP contribution in [-0.4, -0.2) is 36.8 Å². The highest BCUT2D eigenvalue weighted by Crippen LogP contribution is 2.27. The molecule has 1 rings (SSSR count). The van der Waals surface area contributed by atoms with Crippen LogP contribution >= 0.6 is 15.9 Å². The molecule has 0 radical (unpaired) electrons. The molecule has 90 valence electrons. The molecule has 0 aliphatic carbocycles. The van der Waals surface area contributed by atoms with Crippen LogP contribution < -0.4 is 5.73 Å². The van der Waals surface area contributed by atoms with Gasteiger partial charge in [-0.3, -0.25) is 4.90 Å². The van der Waals surface area contributed by atoms with Crippen molar-refractivity contribution >= 4 is 15.9 Å². The Bertz CT molecular complexity index is 360. The van der Waals surface area contributed by atoms with E-state index in [0.29, 0.717) is 5.56 Å². The fourth-order valence-electron chi connectivity index (χ4n) is 1.70. The maximum absolute atomic E-state index is 13.7. The normalized spacial score (nSPS) is 15.2. The van der Waals surface area contributed by atoms with Crippen LogP contribution in [0, 0.1) is 5.82 Å². The highest BCUT2D eigenvalue weighted by atomic mass is 79.9. The second kappa shape index (κ2) is 5.72. The molecular weight excluding hydrogens is 275 g/mol. The molecule has 0 bridgehead atoms. The Kier molecular flexibility index (Phi) is 4.86. The van der Waals surface area contributed by atoms with Crippen LogP contribution in [-0.2, 0) is 0 Å². The van der Waals surface area contributed by atoms with Gasteiger partial charge in [-0.05, 0) is 32.3 Å². The molecule has 1 aromatic rings. The lowest BCUT2D eigenvalue weighted by atomic mass is 10.00. The number of hydrogen-bond acceptors (Lipinski definition) is 3. The first-order valence-corrected chi connectivity index (χ1v) is 5.76. The van der Waals surface area contributed by atoms with Crippen molar-refractivity contribution in [2.75, 3.05) is 20.6 Å². The van der Waals surface area contributed by atoms with Crippen molar-refractivity contribution in [3.63, 3.8) is 0 Å². The Morgan fingerprint density at radius 3 is 2.62 bits per heavy atom. The zero-order valence-electron chi connectivity index (χ0n) is 9.32. The molecule has 0 saturated heterocycles. The number of aliphatic hydroxyl groups excluding tert-OH is 1. The number of nitrogens with two attached hydrogens (primary N) is 1. The van der Waals surface area contributed by atoms with E-state index in [1.807, 2.05) is 0 Å². The first-order chi connectivity index (χ1) is 7.47. The average Bonchev–Trinajstić information content (AvgIpc) is 2.22. The summed E-state index contributed by atoms with van der Waals surface area (Å²) in [5.74, 6) is -0.339. The van der Waals surface area contributed by atoms with E-state index in [-0.39, 0.29) is 12.4 Å². The second-order valence-corrected chi connectivity index (χ2v) is 4.79. The van der Waals surface area contributed by atoms with Gasteiger partial charge >= 0.3 is 0 Å². The fourth-order valence-corrected chi connectivity index (χ4v) is 2.08. The van der Waals surface area contributed by atoms with Gasteiger partial charge in [0.2, 0.25) is 0 Å². The Morgan fingerprint density at radius 1 is 1.50 bits per heavy atom. The van der Waals surface area contributed by atoms with Crippen LogP contribution in [0.15, 0.2) is 22.7 Å². The van der Waals surface area contributed by atoms with Crippen LogP contribution in [0.25, 0.3) is 0 Å². The summed E-state index contributed by atoms with van der Waals surface area (Å²) >= 11 is 3.29. The van der Waals surface area contributed by atoms with E-state index in [0.717, 1.165) is 4.47 Å². The van der Waals surface area contributed by atoms with Crippen molar-refractivity contribution in [3.05, 3.63) is 34.1 Å². The minimum absolute atomic E-state index is 0.0921. The predicted molar refractivity (Wildman–Crippen MR) is 65.6 cm³/mol. The highest BCUT2D eigenvalue weighted by Gasteiger charge is 2.25. The standard InChI is InChI=1S/C11H16BrFN2O/c1-15(2)11(10(16)6-14)8-5-7(12)3-4-9(8)13/h3-5,10-11,16H,6,14H2,1-2H3.